The van der Waals surface area contributed by atoms with Crippen molar-refractivity contribution in [1.29, 1.82) is 0 Å². The highest BCUT2D eigenvalue weighted by Crippen LogP contribution is 2.39. The maximum absolute atomic E-state index is 11.3. The van der Waals surface area contributed by atoms with Crippen molar-refractivity contribution in [3.8, 4) is 0 Å². The number of piperidine rings is 1. The van der Waals surface area contributed by atoms with Crippen molar-refractivity contribution in [3.05, 3.63) is 0 Å². The lowest BCUT2D eigenvalue weighted by atomic mass is 9.83. The Hall–Kier alpha value is -0.370. The minimum atomic E-state index is -0.0650. The van der Waals surface area contributed by atoms with Crippen LogP contribution in [0, 0.1) is 11.3 Å². The molecule has 2 nitrogen and oxygen atoms in total. The van der Waals surface area contributed by atoms with Gasteiger partial charge in [0, 0.05) is 24.5 Å². The standard InChI is InChI=1S/C13H23NO/c1-3-13(4-2,10-15)9-14-8-11-5-6-12(14)7-11/h10-12H,3-9H2,1-2H3. The van der Waals surface area contributed by atoms with E-state index in [0.717, 1.165) is 31.3 Å². The number of carbonyl (C=O) groups is 1. The van der Waals surface area contributed by atoms with Crippen molar-refractivity contribution >= 4 is 6.29 Å². The fourth-order valence-electron chi connectivity index (χ4n) is 3.30. The molecule has 1 heterocycles. The van der Waals surface area contributed by atoms with E-state index in [1.807, 2.05) is 0 Å². The van der Waals surface area contributed by atoms with Crippen molar-refractivity contribution in [2.75, 3.05) is 13.1 Å². The van der Waals surface area contributed by atoms with Crippen LogP contribution in [0.15, 0.2) is 0 Å². The van der Waals surface area contributed by atoms with Crippen LogP contribution < -0.4 is 0 Å². The summed E-state index contributed by atoms with van der Waals surface area (Å²) >= 11 is 0. The zero-order valence-corrected chi connectivity index (χ0v) is 10.0. The summed E-state index contributed by atoms with van der Waals surface area (Å²) in [6.07, 6.45) is 7.36. The summed E-state index contributed by atoms with van der Waals surface area (Å²) in [5.41, 5.74) is -0.0650. The molecule has 0 aromatic rings. The lowest BCUT2D eigenvalue weighted by Gasteiger charge is -2.35. The molecule has 2 rings (SSSR count). The highest BCUT2D eigenvalue weighted by Gasteiger charge is 2.41. The van der Waals surface area contributed by atoms with Crippen LogP contribution in [-0.2, 0) is 4.79 Å². The Morgan fingerprint density at radius 1 is 1.33 bits per heavy atom. The largest absolute Gasteiger partial charge is 0.303 e. The van der Waals surface area contributed by atoms with Crippen LogP contribution in [0.4, 0.5) is 0 Å². The first-order chi connectivity index (χ1) is 7.23. The van der Waals surface area contributed by atoms with Gasteiger partial charge in [0.25, 0.3) is 0 Å². The van der Waals surface area contributed by atoms with Gasteiger partial charge in [-0.15, -0.1) is 0 Å². The van der Waals surface area contributed by atoms with E-state index in [0.29, 0.717) is 0 Å². The molecule has 1 saturated heterocycles. The molecule has 2 unspecified atom stereocenters. The lowest BCUT2D eigenvalue weighted by molar-refractivity contribution is -0.118. The molecule has 86 valence electrons. The van der Waals surface area contributed by atoms with Gasteiger partial charge in [-0.2, -0.15) is 0 Å². The van der Waals surface area contributed by atoms with Crippen molar-refractivity contribution in [1.82, 2.24) is 4.90 Å². The number of hydrogen-bond donors (Lipinski definition) is 0. The first kappa shape index (κ1) is 11.1. The Bertz CT molecular complexity index is 235. The molecule has 2 atom stereocenters. The Morgan fingerprint density at radius 2 is 2.07 bits per heavy atom. The van der Waals surface area contributed by atoms with Crippen LogP contribution in [-0.4, -0.2) is 30.3 Å². The van der Waals surface area contributed by atoms with Crippen LogP contribution >= 0.6 is 0 Å². The van der Waals surface area contributed by atoms with Crippen LogP contribution in [0.3, 0.4) is 0 Å². The van der Waals surface area contributed by atoms with E-state index >= 15 is 0 Å². The van der Waals surface area contributed by atoms with Crippen molar-refractivity contribution < 1.29 is 4.79 Å². The normalized spacial score (nSPS) is 31.1. The highest BCUT2D eigenvalue weighted by molar-refractivity contribution is 5.59. The van der Waals surface area contributed by atoms with E-state index in [1.54, 1.807) is 0 Å². The Morgan fingerprint density at radius 3 is 2.47 bits per heavy atom. The number of likely N-dealkylation sites (tertiary alicyclic amines) is 1. The minimum absolute atomic E-state index is 0.0650. The van der Waals surface area contributed by atoms with Gasteiger partial charge in [-0.25, -0.2) is 0 Å². The molecule has 2 bridgehead atoms. The maximum Gasteiger partial charge on any atom is 0.127 e. The fraction of sp³-hybridized carbons (Fsp3) is 0.923. The van der Waals surface area contributed by atoms with Crippen LogP contribution in [0.25, 0.3) is 0 Å². The highest BCUT2D eigenvalue weighted by atomic mass is 16.1. The number of carbonyl (C=O) groups excluding carboxylic acids is 1. The lowest BCUT2D eigenvalue weighted by Crippen LogP contribution is -2.42. The zero-order chi connectivity index (χ0) is 10.9. The van der Waals surface area contributed by atoms with E-state index < -0.39 is 0 Å². The van der Waals surface area contributed by atoms with E-state index in [1.165, 1.54) is 32.1 Å². The van der Waals surface area contributed by atoms with Crippen molar-refractivity contribution in [2.45, 2.75) is 52.0 Å². The average molecular weight is 209 g/mol. The second-order valence-electron chi connectivity index (χ2n) is 5.45. The summed E-state index contributed by atoms with van der Waals surface area (Å²) in [5, 5.41) is 0. The Balaban J connectivity index is 1.98. The molecule has 0 aromatic heterocycles. The third kappa shape index (κ3) is 1.96. The smallest absolute Gasteiger partial charge is 0.127 e. The van der Waals surface area contributed by atoms with Gasteiger partial charge in [-0.3, -0.25) is 4.90 Å². The topological polar surface area (TPSA) is 20.3 Å². The molecule has 15 heavy (non-hydrogen) atoms. The first-order valence-electron chi connectivity index (χ1n) is 6.43. The Labute approximate surface area is 93.0 Å². The Kier molecular flexibility index (Phi) is 3.15. The molecule has 2 heteroatoms. The number of nitrogens with zero attached hydrogens (tertiary/aromatic N) is 1. The average Bonchev–Trinajstić information content (AvgIpc) is 2.88. The summed E-state index contributed by atoms with van der Waals surface area (Å²) in [6.45, 7) is 6.55. The van der Waals surface area contributed by atoms with Gasteiger partial charge in [-0.1, -0.05) is 13.8 Å². The van der Waals surface area contributed by atoms with E-state index in [4.69, 9.17) is 0 Å². The molecule has 1 aliphatic heterocycles. The van der Waals surface area contributed by atoms with Crippen LogP contribution in [0.5, 0.6) is 0 Å². The number of hydrogen-bond acceptors (Lipinski definition) is 2. The van der Waals surface area contributed by atoms with E-state index in [9.17, 15) is 4.79 Å². The number of rotatable bonds is 5. The molecule has 1 saturated carbocycles. The summed E-state index contributed by atoms with van der Waals surface area (Å²) in [7, 11) is 0. The van der Waals surface area contributed by atoms with Gasteiger partial charge >= 0.3 is 0 Å². The monoisotopic (exact) mass is 209 g/mol. The first-order valence-corrected chi connectivity index (χ1v) is 6.43. The van der Waals surface area contributed by atoms with Crippen LogP contribution in [0.2, 0.25) is 0 Å². The van der Waals surface area contributed by atoms with Gasteiger partial charge in [0.05, 0.1) is 0 Å². The molecule has 0 amide bonds. The molecule has 0 radical (unpaired) electrons. The number of aldehydes is 1. The van der Waals surface area contributed by atoms with E-state index in [-0.39, 0.29) is 5.41 Å². The molecule has 2 fully saturated rings. The van der Waals surface area contributed by atoms with Gasteiger partial charge in [-0.05, 0) is 38.0 Å². The molecular weight excluding hydrogens is 186 g/mol. The third-order valence-corrected chi connectivity index (χ3v) is 4.70. The fourth-order valence-corrected chi connectivity index (χ4v) is 3.30. The van der Waals surface area contributed by atoms with Gasteiger partial charge in [0.15, 0.2) is 0 Å². The van der Waals surface area contributed by atoms with Crippen molar-refractivity contribution in [3.63, 3.8) is 0 Å². The zero-order valence-electron chi connectivity index (χ0n) is 10.0. The summed E-state index contributed by atoms with van der Waals surface area (Å²) in [5.74, 6) is 0.938. The molecule has 0 N–H and O–H groups in total. The second-order valence-corrected chi connectivity index (χ2v) is 5.45. The third-order valence-electron chi connectivity index (χ3n) is 4.70. The van der Waals surface area contributed by atoms with E-state index in [2.05, 4.69) is 18.7 Å². The number of fused-ring (bicyclic) bond motifs is 2. The maximum atomic E-state index is 11.3. The molecule has 0 spiro atoms. The quantitative estimate of drug-likeness (QED) is 0.648. The molecular formula is C13H23NO. The predicted molar refractivity (Wildman–Crippen MR) is 61.8 cm³/mol. The molecule has 2 aliphatic rings. The molecule has 0 aromatic carbocycles. The van der Waals surface area contributed by atoms with Crippen LogP contribution in [0.1, 0.15) is 46.0 Å². The second kappa shape index (κ2) is 4.25. The van der Waals surface area contributed by atoms with Gasteiger partial charge < -0.3 is 4.79 Å². The predicted octanol–water partition coefficient (Wildman–Crippen LogP) is 2.48. The summed E-state index contributed by atoms with van der Waals surface area (Å²) in [6, 6.07) is 0.799. The van der Waals surface area contributed by atoms with Gasteiger partial charge in [0.2, 0.25) is 0 Å². The minimum Gasteiger partial charge on any atom is -0.303 e. The summed E-state index contributed by atoms with van der Waals surface area (Å²) < 4.78 is 0. The van der Waals surface area contributed by atoms with Crippen molar-refractivity contribution in [2.24, 2.45) is 11.3 Å². The summed E-state index contributed by atoms with van der Waals surface area (Å²) in [4.78, 5) is 13.8. The SMILES string of the molecule is CCC(C=O)(CC)CN1CC2CCC1C2. The molecule has 1 aliphatic carbocycles. The van der Waals surface area contributed by atoms with Gasteiger partial charge in [0.1, 0.15) is 6.29 Å².